The molecule has 0 saturated heterocycles. The fourth-order valence-electron chi connectivity index (χ4n) is 1.18. The van der Waals surface area contributed by atoms with Crippen LogP contribution in [0, 0.1) is 0 Å². The molecule has 0 unspecified atom stereocenters. The van der Waals surface area contributed by atoms with Crippen LogP contribution in [-0.2, 0) is 4.79 Å². The van der Waals surface area contributed by atoms with Gasteiger partial charge in [0.15, 0.2) is 5.94 Å². The summed E-state index contributed by atoms with van der Waals surface area (Å²) in [5, 5.41) is 2.95. The maximum Gasteiger partial charge on any atom is 0.150 e. The highest BCUT2D eigenvalue weighted by atomic mass is 16.1. The van der Waals surface area contributed by atoms with Crippen LogP contribution in [0.15, 0.2) is 36.0 Å². The summed E-state index contributed by atoms with van der Waals surface area (Å²) in [7, 11) is 0. The molecular weight excluding hydrogens is 178 g/mol. The number of allylic oxidation sites excluding steroid dienone is 1. The molecule has 0 spiro atoms. The minimum absolute atomic E-state index is 0.480. The summed E-state index contributed by atoms with van der Waals surface area (Å²) in [6, 6.07) is 7.80. The summed E-state index contributed by atoms with van der Waals surface area (Å²) in [4.78, 5) is 10.3. The lowest BCUT2D eigenvalue weighted by molar-refractivity contribution is 0.568. The largest absolute Gasteiger partial charge is 0.346 e. The van der Waals surface area contributed by atoms with E-state index in [2.05, 4.69) is 17.0 Å². The summed E-state index contributed by atoms with van der Waals surface area (Å²) >= 11 is 0. The van der Waals surface area contributed by atoms with E-state index in [1.165, 1.54) is 0 Å². The summed E-state index contributed by atoms with van der Waals surface area (Å²) in [6.07, 6.45) is 3.61. The number of rotatable bonds is 0. The summed E-state index contributed by atoms with van der Waals surface area (Å²) < 4.78 is 0. The fourth-order valence-corrected chi connectivity index (χ4v) is 1.18. The Balaban J connectivity index is 0.000000461. The van der Waals surface area contributed by atoms with Crippen molar-refractivity contribution in [1.82, 2.24) is 0 Å². The zero-order valence-electron chi connectivity index (χ0n) is 7.53. The Morgan fingerprint density at radius 1 is 1.14 bits per heavy atom. The Morgan fingerprint density at radius 2 is 1.86 bits per heavy atom. The molecule has 1 aromatic carbocycles. The molecule has 0 saturated carbocycles. The van der Waals surface area contributed by atoms with Crippen LogP contribution < -0.4 is 17.0 Å². The van der Waals surface area contributed by atoms with E-state index < -0.39 is 0 Å². The number of anilines is 1. The Morgan fingerprint density at radius 3 is 2.57 bits per heavy atom. The van der Waals surface area contributed by atoms with Crippen molar-refractivity contribution in [3.05, 3.63) is 41.6 Å². The highest BCUT2D eigenvalue weighted by Crippen LogP contribution is 2.22. The van der Waals surface area contributed by atoms with Crippen molar-refractivity contribution >= 4 is 17.7 Å². The van der Waals surface area contributed by atoms with Gasteiger partial charge in [-0.2, -0.15) is 0 Å². The Kier molecular flexibility index (Phi) is 3.64. The third-order valence-electron chi connectivity index (χ3n) is 1.77. The molecule has 0 amide bonds. The summed E-state index contributed by atoms with van der Waals surface area (Å²) in [6.45, 7) is 0. The maximum atomic E-state index is 10.3. The molecule has 2 rings (SSSR count). The van der Waals surface area contributed by atoms with Gasteiger partial charge in [0.1, 0.15) is 5.70 Å². The van der Waals surface area contributed by atoms with E-state index in [0.29, 0.717) is 5.70 Å². The van der Waals surface area contributed by atoms with Crippen molar-refractivity contribution in [1.29, 1.82) is 0 Å². The molecule has 0 bridgehead atoms. The molecule has 0 atom stereocenters. The second-order valence-electron chi connectivity index (χ2n) is 2.56. The Labute approximate surface area is 81.9 Å². The SMILES string of the molecule is NN.O=C=C1C=Cc2ccccc2N1. The summed E-state index contributed by atoms with van der Waals surface area (Å²) in [5.74, 6) is 9.81. The summed E-state index contributed by atoms with van der Waals surface area (Å²) in [5.41, 5.74) is 2.53. The van der Waals surface area contributed by atoms with Gasteiger partial charge in [0.25, 0.3) is 0 Å². The number of nitrogens with two attached hydrogens (primary N) is 2. The van der Waals surface area contributed by atoms with Crippen LogP contribution in [-0.4, -0.2) is 5.94 Å². The average Bonchev–Trinajstić information content (AvgIpc) is 2.31. The molecule has 1 aromatic rings. The molecule has 0 aromatic heterocycles. The Hall–Kier alpha value is -1.87. The van der Waals surface area contributed by atoms with Crippen LogP contribution in [0.3, 0.4) is 0 Å². The number of hydrogen-bond donors (Lipinski definition) is 3. The zero-order chi connectivity index (χ0) is 10.4. The van der Waals surface area contributed by atoms with Crippen molar-refractivity contribution < 1.29 is 4.79 Å². The normalized spacial score (nSPS) is 11.7. The molecule has 0 aliphatic carbocycles. The van der Waals surface area contributed by atoms with E-state index in [4.69, 9.17) is 0 Å². The topological polar surface area (TPSA) is 81.1 Å². The number of nitrogens with one attached hydrogen (secondary N) is 1. The van der Waals surface area contributed by atoms with Crippen molar-refractivity contribution in [2.75, 3.05) is 5.32 Å². The fraction of sp³-hybridized carbons (Fsp3) is 0. The predicted octanol–water partition coefficient (Wildman–Crippen LogP) is 0.660. The number of benzene rings is 1. The van der Waals surface area contributed by atoms with Gasteiger partial charge in [0, 0.05) is 5.69 Å². The van der Waals surface area contributed by atoms with E-state index in [-0.39, 0.29) is 0 Å². The molecule has 1 heterocycles. The van der Waals surface area contributed by atoms with Crippen molar-refractivity contribution in [3.63, 3.8) is 0 Å². The number of carbonyl (C=O) groups excluding carboxylic acids is 1. The highest BCUT2D eigenvalue weighted by molar-refractivity contribution is 5.79. The van der Waals surface area contributed by atoms with Gasteiger partial charge in [0.2, 0.25) is 0 Å². The molecule has 1 aliphatic heterocycles. The second-order valence-corrected chi connectivity index (χ2v) is 2.56. The molecular formula is C10H11N3O. The molecule has 14 heavy (non-hydrogen) atoms. The molecule has 4 nitrogen and oxygen atoms in total. The molecule has 5 N–H and O–H groups in total. The smallest absolute Gasteiger partial charge is 0.150 e. The third kappa shape index (κ3) is 2.08. The van der Waals surface area contributed by atoms with Gasteiger partial charge in [-0.1, -0.05) is 24.3 Å². The molecule has 1 aliphatic rings. The van der Waals surface area contributed by atoms with Crippen molar-refractivity contribution in [2.24, 2.45) is 11.7 Å². The average molecular weight is 189 g/mol. The van der Waals surface area contributed by atoms with Crippen LogP contribution in [0.4, 0.5) is 5.69 Å². The predicted molar refractivity (Wildman–Crippen MR) is 56.7 cm³/mol. The minimum atomic E-state index is 0.480. The quantitative estimate of drug-likeness (QED) is 0.318. The van der Waals surface area contributed by atoms with Gasteiger partial charge in [-0.15, -0.1) is 0 Å². The monoisotopic (exact) mass is 189 g/mol. The molecule has 0 radical (unpaired) electrons. The zero-order valence-corrected chi connectivity index (χ0v) is 7.53. The van der Waals surface area contributed by atoms with Crippen molar-refractivity contribution in [2.45, 2.75) is 0 Å². The van der Waals surface area contributed by atoms with Gasteiger partial charge in [0.05, 0.1) is 0 Å². The lowest BCUT2D eigenvalue weighted by Gasteiger charge is -2.11. The van der Waals surface area contributed by atoms with Crippen LogP contribution in [0.25, 0.3) is 6.08 Å². The van der Waals surface area contributed by atoms with Gasteiger partial charge in [-0.3, -0.25) is 11.7 Å². The van der Waals surface area contributed by atoms with E-state index >= 15 is 0 Å². The van der Waals surface area contributed by atoms with Crippen LogP contribution in [0.1, 0.15) is 5.56 Å². The van der Waals surface area contributed by atoms with E-state index in [0.717, 1.165) is 11.3 Å². The third-order valence-corrected chi connectivity index (χ3v) is 1.77. The van der Waals surface area contributed by atoms with E-state index in [1.54, 1.807) is 6.08 Å². The van der Waals surface area contributed by atoms with E-state index in [1.807, 2.05) is 36.3 Å². The molecule has 72 valence electrons. The lowest BCUT2D eigenvalue weighted by atomic mass is 10.1. The van der Waals surface area contributed by atoms with Crippen LogP contribution in [0.2, 0.25) is 0 Å². The Bertz CT molecular complexity index is 392. The van der Waals surface area contributed by atoms with Gasteiger partial charge < -0.3 is 5.32 Å². The molecule has 4 heteroatoms. The maximum absolute atomic E-state index is 10.3. The van der Waals surface area contributed by atoms with Gasteiger partial charge >= 0.3 is 0 Å². The number of para-hydroxylation sites is 1. The first-order chi connectivity index (χ1) is 6.90. The first kappa shape index (κ1) is 10.2. The number of fused-ring (bicyclic) bond motifs is 1. The van der Waals surface area contributed by atoms with Gasteiger partial charge in [-0.25, -0.2) is 4.79 Å². The van der Waals surface area contributed by atoms with E-state index in [9.17, 15) is 4.79 Å². The minimum Gasteiger partial charge on any atom is -0.346 e. The highest BCUT2D eigenvalue weighted by Gasteiger charge is 2.04. The van der Waals surface area contributed by atoms with Crippen molar-refractivity contribution in [3.8, 4) is 0 Å². The lowest BCUT2D eigenvalue weighted by Crippen LogP contribution is -2.02. The first-order valence-corrected chi connectivity index (χ1v) is 4.03. The first-order valence-electron chi connectivity index (χ1n) is 4.03. The van der Waals surface area contributed by atoms with Crippen LogP contribution in [0.5, 0.6) is 0 Å². The standard InChI is InChI=1S/C10H7NO.H4N2/c12-7-9-6-5-8-3-1-2-4-10(8)11-9;1-2/h1-6,11H;1-2H2. The molecule has 0 fully saturated rings. The second kappa shape index (κ2) is 4.99. The number of hydrogen-bond acceptors (Lipinski definition) is 4. The number of hydrazine groups is 1. The van der Waals surface area contributed by atoms with Crippen LogP contribution >= 0.6 is 0 Å². The van der Waals surface area contributed by atoms with Gasteiger partial charge in [-0.05, 0) is 17.7 Å².